The van der Waals surface area contributed by atoms with Crippen molar-refractivity contribution in [2.75, 3.05) is 0 Å². The van der Waals surface area contributed by atoms with Crippen molar-refractivity contribution < 1.29 is 19.2 Å². The van der Waals surface area contributed by atoms with Crippen LogP contribution in [0.4, 0.5) is 11.4 Å². The largest absolute Gasteiger partial charge is 0.392 e. The lowest BCUT2D eigenvalue weighted by atomic mass is 10.1. The van der Waals surface area contributed by atoms with Crippen molar-refractivity contribution in [3.8, 4) is 0 Å². The molecule has 4 rings (SSSR count). The molecule has 14 heteroatoms. The SMILES string of the molecule is Cc1cnc2c([N+](=O)[O-])cc(CCl)cc2c1.Cc1cnc2c([N+](=O)[O-])cc(CO)cc2c1.O=S(Cl)Cl. The highest BCUT2D eigenvalue weighted by Gasteiger charge is 2.15. The predicted molar refractivity (Wildman–Crippen MR) is 142 cm³/mol. The average Bonchev–Trinajstić information content (AvgIpc) is 2.81. The van der Waals surface area contributed by atoms with E-state index in [1.54, 1.807) is 18.5 Å². The normalized spacial score (nSPS) is 10.4. The van der Waals surface area contributed by atoms with Crippen LogP contribution in [0.1, 0.15) is 22.3 Å². The van der Waals surface area contributed by atoms with E-state index in [1.165, 1.54) is 12.1 Å². The number of alkyl halides is 1. The van der Waals surface area contributed by atoms with Crippen molar-refractivity contribution in [1.82, 2.24) is 9.97 Å². The molecular formula is C22H19Cl3N4O6S. The van der Waals surface area contributed by atoms with Crippen LogP contribution in [0.5, 0.6) is 0 Å². The Morgan fingerprint density at radius 2 is 1.22 bits per heavy atom. The molecule has 10 nitrogen and oxygen atoms in total. The first-order valence-electron chi connectivity index (χ1n) is 9.95. The van der Waals surface area contributed by atoms with Gasteiger partial charge in [-0.1, -0.05) is 0 Å². The number of non-ortho nitro benzene ring substituents is 2. The Morgan fingerprint density at radius 1 is 0.833 bits per heavy atom. The Hall–Kier alpha value is -2.96. The number of hydrogen-bond acceptors (Lipinski definition) is 8. The number of aryl methyl sites for hydroxylation is 2. The second-order valence-corrected chi connectivity index (χ2v) is 10.2. The third-order valence-electron chi connectivity index (χ3n) is 4.65. The monoisotopic (exact) mass is 572 g/mol. The maximum atomic E-state index is 10.9. The number of nitro benzene ring substituents is 2. The fourth-order valence-electron chi connectivity index (χ4n) is 3.25. The lowest BCUT2D eigenvalue weighted by Crippen LogP contribution is -1.95. The highest BCUT2D eigenvalue weighted by atomic mass is 36.0. The van der Waals surface area contributed by atoms with Crippen LogP contribution in [0.15, 0.2) is 48.8 Å². The van der Waals surface area contributed by atoms with Gasteiger partial charge in [0.25, 0.3) is 11.4 Å². The molecule has 0 unspecified atom stereocenters. The number of pyridine rings is 2. The molecule has 0 aliphatic heterocycles. The van der Waals surface area contributed by atoms with E-state index in [9.17, 15) is 20.2 Å². The molecule has 0 fully saturated rings. The zero-order chi connectivity index (χ0) is 27.0. The third kappa shape index (κ3) is 8.04. The molecular weight excluding hydrogens is 555 g/mol. The van der Waals surface area contributed by atoms with Crippen LogP contribution in [0.3, 0.4) is 0 Å². The van der Waals surface area contributed by atoms with Gasteiger partial charge in [-0.3, -0.25) is 20.2 Å². The summed E-state index contributed by atoms with van der Waals surface area (Å²) in [7, 11) is 7.36. The molecule has 0 aliphatic rings. The van der Waals surface area contributed by atoms with E-state index in [2.05, 4.69) is 31.3 Å². The van der Waals surface area contributed by atoms with Crippen molar-refractivity contribution in [1.29, 1.82) is 0 Å². The molecule has 0 radical (unpaired) electrons. The van der Waals surface area contributed by atoms with E-state index in [1.807, 2.05) is 32.0 Å². The van der Waals surface area contributed by atoms with Gasteiger partial charge >= 0.3 is 0 Å². The summed E-state index contributed by atoms with van der Waals surface area (Å²) < 4.78 is 9.09. The summed E-state index contributed by atoms with van der Waals surface area (Å²) in [6, 6.07) is 10.0. The van der Waals surface area contributed by atoms with Crippen molar-refractivity contribution in [3.63, 3.8) is 0 Å². The maximum absolute atomic E-state index is 10.9. The number of benzene rings is 2. The van der Waals surface area contributed by atoms with Crippen LogP contribution in [0, 0.1) is 34.1 Å². The average molecular weight is 574 g/mol. The number of nitrogens with zero attached hydrogens (tertiary/aromatic N) is 4. The second-order valence-electron chi connectivity index (χ2n) is 7.39. The molecule has 0 atom stereocenters. The van der Waals surface area contributed by atoms with Gasteiger partial charge in [-0.2, -0.15) is 0 Å². The summed E-state index contributed by atoms with van der Waals surface area (Å²) in [5, 5.41) is 32.2. The van der Waals surface area contributed by atoms with Gasteiger partial charge < -0.3 is 5.11 Å². The fourth-order valence-corrected chi connectivity index (χ4v) is 3.40. The van der Waals surface area contributed by atoms with Gasteiger partial charge in [0.1, 0.15) is 11.0 Å². The summed E-state index contributed by atoms with van der Waals surface area (Å²) in [4.78, 5) is 29.0. The van der Waals surface area contributed by atoms with E-state index < -0.39 is 19.1 Å². The molecule has 0 amide bonds. The zero-order valence-electron chi connectivity index (χ0n) is 18.9. The first kappa shape index (κ1) is 29.3. The van der Waals surface area contributed by atoms with Crippen LogP contribution in [-0.2, 0) is 21.7 Å². The molecule has 1 N–H and O–H groups in total. The van der Waals surface area contributed by atoms with Crippen molar-refractivity contribution in [2.45, 2.75) is 26.3 Å². The number of rotatable bonds is 4. The molecule has 0 saturated heterocycles. The minimum atomic E-state index is -1.67. The number of aliphatic hydroxyl groups excluding tert-OH is 1. The molecule has 2 aromatic heterocycles. The van der Waals surface area contributed by atoms with Gasteiger partial charge in [-0.15, -0.1) is 11.6 Å². The number of nitro groups is 2. The van der Waals surface area contributed by atoms with E-state index in [-0.39, 0.29) is 23.9 Å². The molecule has 2 heterocycles. The molecule has 0 saturated carbocycles. The van der Waals surface area contributed by atoms with Crippen LogP contribution < -0.4 is 0 Å². The molecule has 4 aromatic rings. The molecule has 0 bridgehead atoms. The predicted octanol–water partition coefficient (Wildman–Crippen LogP) is 6.18. The molecule has 0 aliphatic carbocycles. The standard InChI is InChI=1S/C11H9ClN2O2.C11H10N2O3.Cl2OS/c1-7-2-9-3-8(5-12)4-10(14(15)16)11(9)13-6-7;1-7-2-9-3-8(6-14)4-10(13(15)16)11(9)12-5-7;1-4(2)3/h2-4,6H,5H2,1H3;2-5,14H,6H2,1H3;. The minimum absolute atomic E-state index is 0.00755. The number of halogens is 3. The Balaban J connectivity index is 0.000000221. The van der Waals surface area contributed by atoms with Gasteiger partial charge in [0.15, 0.2) is 0 Å². The number of fused-ring (bicyclic) bond motifs is 2. The van der Waals surface area contributed by atoms with E-state index in [0.717, 1.165) is 22.1 Å². The lowest BCUT2D eigenvalue weighted by Gasteiger charge is -2.03. The van der Waals surface area contributed by atoms with Crippen LogP contribution in [-0.4, -0.2) is 29.1 Å². The first-order chi connectivity index (χ1) is 17.0. The van der Waals surface area contributed by atoms with Crippen molar-refractivity contribution in [2.24, 2.45) is 0 Å². The Kier molecular flexibility index (Phi) is 10.9. The Labute approximate surface area is 221 Å². The molecule has 2 aromatic carbocycles. The van der Waals surface area contributed by atoms with Crippen molar-refractivity contribution >= 4 is 75.4 Å². The Bertz CT molecular complexity index is 1350. The quantitative estimate of drug-likeness (QED) is 0.132. The van der Waals surface area contributed by atoms with E-state index in [4.69, 9.17) is 20.9 Å². The van der Waals surface area contributed by atoms with Gasteiger partial charge in [0.2, 0.25) is 9.23 Å². The summed E-state index contributed by atoms with van der Waals surface area (Å²) in [6.07, 6.45) is 3.21. The second kappa shape index (κ2) is 13.4. The molecule has 190 valence electrons. The fraction of sp³-hybridized carbons (Fsp3) is 0.182. The minimum Gasteiger partial charge on any atom is -0.392 e. The van der Waals surface area contributed by atoms with Gasteiger partial charge in [0, 0.05) is 62.5 Å². The Morgan fingerprint density at radius 3 is 1.58 bits per heavy atom. The number of aliphatic hydroxyl groups is 1. The highest BCUT2D eigenvalue weighted by Crippen LogP contribution is 2.27. The van der Waals surface area contributed by atoms with Crippen LogP contribution in [0.2, 0.25) is 0 Å². The maximum Gasteiger partial charge on any atom is 0.295 e. The van der Waals surface area contributed by atoms with Crippen LogP contribution in [0.25, 0.3) is 21.8 Å². The van der Waals surface area contributed by atoms with E-state index in [0.29, 0.717) is 22.0 Å². The number of hydrogen-bond donors (Lipinski definition) is 1. The van der Waals surface area contributed by atoms with Gasteiger partial charge in [-0.25, -0.2) is 14.2 Å². The highest BCUT2D eigenvalue weighted by molar-refractivity contribution is 8.26. The van der Waals surface area contributed by atoms with E-state index >= 15 is 0 Å². The molecule has 36 heavy (non-hydrogen) atoms. The zero-order valence-corrected chi connectivity index (χ0v) is 21.9. The van der Waals surface area contributed by atoms with Crippen molar-refractivity contribution in [3.05, 3.63) is 91.3 Å². The summed E-state index contributed by atoms with van der Waals surface area (Å²) >= 11 is 5.70. The van der Waals surface area contributed by atoms with Gasteiger partial charge in [-0.05, 0) is 60.4 Å². The summed E-state index contributed by atoms with van der Waals surface area (Å²) in [5.74, 6) is 0.255. The van der Waals surface area contributed by atoms with Crippen LogP contribution >= 0.6 is 33.0 Å². The third-order valence-corrected chi connectivity index (χ3v) is 4.96. The summed E-state index contributed by atoms with van der Waals surface area (Å²) in [6.45, 7) is 3.54. The smallest absolute Gasteiger partial charge is 0.295 e. The number of aromatic nitrogens is 2. The topological polar surface area (TPSA) is 149 Å². The summed E-state index contributed by atoms with van der Waals surface area (Å²) in [5.41, 5.74) is 3.84. The first-order valence-corrected chi connectivity index (χ1v) is 13.3. The lowest BCUT2D eigenvalue weighted by molar-refractivity contribution is -0.383. The van der Waals surface area contributed by atoms with Gasteiger partial charge in [0.05, 0.1) is 16.5 Å². The molecule has 0 spiro atoms.